The maximum atomic E-state index is 12.4. The number of para-hydroxylation sites is 2. The van der Waals surface area contributed by atoms with E-state index in [-0.39, 0.29) is 5.91 Å². The highest BCUT2D eigenvalue weighted by Crippen LogP contribution is 2.26. The molecule has 1 saturated heterocycles. The number of amides is 1. The van der Waals surface area contributed by atoms with Crippen molar-refractivity contribution in [2.45, 2.75) is 0 Å². The third-order valence-corrected chi connectivity index (χ3v) is 4.20. The van der Waals surface area contributed by atoms with E-state index in [1.165, 1.54) is 0 Å². The van der Waals surface area contributed by atoms with Crippen molar-refractivity contribution in [3.8, 4) is 5.75 Å². The maximum Gasteiger partial charge on any atom is 0.252 e. The summed E-state index contributed by atoms with van der Waals surface area (Å²) in [5.74, 6) is 0.599. The smallest absolute Gasteiger partial charge is 0.252 e. The molecule has 1 aliphatic heterocycles. The van der Waals surface area contributed by atoms with Crippen molar-refractivity contribution in [3.63, 3.8) is 0 Å². The number of aromatic nitrogens is 1. The highest BCUT2D eigenvalue weighted by atomic mass is 16.5. The Morgan fingerprint density at radius 3 is 2.88 bits per heavy atom. The standard InChI is InChI=1S/C19H24N4O3/c1-25-18-5-3-2-4-17(18)22-16-12-15(13-20-14-16)19(24)21-6-7-23-8-10-26-11-9-23/h2-5,12-14,22H,6-11H2,1H3,(H,21,24). The summed E-state index contributed by atoms with van der Waals surface area (Å²) in [6.07, 6.45) is 3.24. The number of anilines is 2. The van der Waals surface area contributed by atoms with Gasteiger partial charge in [0.2, 0.25) is 0 Å². The predicted molar refractivity (Wildman–Crippen MR) is 100 cm³/mol. The minimum absolute atomic E-state index is 0.130. The van der Waals surface area contributed by atoms with E-state index in [1.807, 2.05) is 24.3 Å². The number of carbonyl (C=O) groups is 1. The van der Waals surface area contributed by atoms with Gasteiger partial charge in [-0.05, 0) is 18.2 Å². The van der Waals surface area contributed by atoms with Gasteiger partial charge in [0.05, 0.1) is 43.5 Å². The van der Waals surface area contributed by atoms with Crippen molar-refractivity contribution < 1.29 is 14.3 Å². The molecule has 2 heterocycles. The minimum atomic E-state index is -0.130. The lowest BCUT2D eigenvalue weighted by Crippen LogP contribution is -2.41. The maximum absolute atomic E-state index is 12.4. The van der Waals surface area contributed by atoms with E-state index < -0.39 is 0 Å². The Morgan fingerprint density at radius 2 is 2.08 bits per heavy atom. The van der Waals surface area contributed by atoms with Gasteiger partial charge >= 0.3 is 0 Å². The molecule has 1 fully saturated rings. The molecule has 2 aromatic rings. The van der Waals surface area contributed by atoms with E-state index in [2.05, 4.69) is 20.5 Å². The van der Waals surface area contributed by atoms with E-state index in [1.54, 1.807) is 25.6 Å². The van der Waals surface area contributed by atoms with E-state index >= 15 is 0 Å². The summed E-state index contributed by atoms with van der Waals surface area (Å²) in [6, 6.07) is 9.39. The lowest BCUT2D eigenvalue weighted by atomic mass is 10.2. The molecule has 0 unspecified atom stereocenters. The summed E-state index contributed by atoms with van der Waals surface area (Å²) in [5.41, 5.74) is 2.07. The first-order chi connectivity index (χ1) is 12.8. The summed E-state index contributed by atoms with van der Waals surface area (Å²) >= 11 is 0. The van der Waals surface area contributed by atoms with Crippen molar-refractivity contribution in [3.05, 3.63) is 48.3 Å². The molecule has 0 bridgehead atoms. The molecule has 26 heavy (non-hydrogen) atoms. The number of hydrogen-bond donors (Lipinski definition) is 2. The van der Waals surface area contributed by atoms with Crippen molar-refractivity contribution in [1.29, 1.82) is 0 Å². The molecular formula is C19H24N4O3. The third kappa shape index (κ3) is 4.93. The zero-order valence-electron chi connectivity index (χ0n) is 14.9. The van der Waals surface area contributed by atoms with Crippen LogP contribution in [0.5, 0.6) is 5.75 Å². The average molecular weight is 356 g/mol. The highest BCUT2D eigenvalue weighted by molar-refractivity contribution is 5.94. The second kappa shape index (κ2) is 9.17. The van der Waals surface area contributed by atoms with Crippen molar-refractivity contribution in [1.82, 2.24) is 15.2 Å². The van der Waals surface area contributed by atoms with Crippen LogP contribution in [0.25, 0.3) is 0 Å². The van der Waals surface area contributed by atoms with Crippen LogP contribution in [-0.2, 0) is 4.74 Å². The lowest BCUT2D eigenvalue weighted by Gasteiger charge is -2.26. The van der Waals surface area contributed by atoms with Crippen LogP contribution in [0.2, 0.25) is 0 Å². The van der Waals surface area contributed by atoms with Crippen LogP contribution in [0.4, 0.5) is 11.4 Å². The Labute approximate surface area is 153 Å². The minimum Gasteiger partial charge on any atom is -0.495 e. The predicted octanol–water partition coefficient (Wildman–Crippen LogP) is 1.90. The van der Waals surface area contributed by atoms with Gasteiger partial charge < -0.3 is 20.1 Å². The van der Waals surface area contributed by atoms with E-state index in [9.17, 15) is 4.79 Å². The molecule has 2 N–H and O–H groups in total. The lowest BCUT2D eigenvalue weighted by molar-refractivity contribution is 0.0383. The Kier molecular flexibility index (Phi) is 6.40. The van der Waals surface area contributed by atoms with E-state index in [0.29, 0.717) is 12.1 Å². The quantitative estimate of drug-likeness (QED) is 0.789. The number of methoxy groups -OCH3 is 1. The molecule has 3 rings (SSSR count). The summed E-state index contributed by atoms with van der Waals surface area (Å²) in [4.78, 5) is 18.8. The van der Waals surface area contributed by atoms with Gasteiger partial charge in [-0.2, -0.15) is 0 Å². The van der Waals surface area contributed by atoms with Crippen LogP contribution in [-0.4, -0.2) is 62.3 Å². The first-order valence-electron chi connectivity index (χ1n) is 8.69. The van der Waals surface area contributed by atoms with Crippen molar-refractivity contribution in [2.24, 2.45) is 0 Å². The number of morpholine rings is 1. The van der Waals surface area contributed by atoms with Gasteiger partial charge in [0.25, 0.3) is 5.91 Å². The van der Waals surface area contributed by atoms with Gasteiger partial charge in [-0.15, -0.1) is 0 Å². The fourth-order valence-electron chi connectivity index (χ4n) is 2.79. The number of ether oxygens (including phenoxy) is 2. The molecule has 0 saturated carbocycles. The van der Waals surface area contributed by atoms with E-state index in [4.69, 9.17) is 9.47 Å². The van der Waals surface area contributed by atoms with Crippen molar-refractivity contribution in [2.75, 3.05) is 51.8 Å². The van der Waals surface area contributed by atoms with Crippen LogP contribution in [0.15, 0.2) is 42.7 Å². The molecule has 7 heteroatoms. The van der Waals surface area contributed by atoms with Crippen LogP contribution in [0.1, 0.15) is 10.4 Å². The molecule has 1 amide bonds. The van der Waals surface area contributed by atoms with Crippen LogP contribution in [0, 0.1) is 0 Å². The number of carbonyl (C=O) groups excluding carboxylic acids is 1. The first-order valence-corrected chi connectivity index (χ1v) is 8.69. The molecule has 1 aromatic heterocycles. The highest BCUT2D eigenvalue weighted by Gasteiger charge is 2.12. The molecule has 0 spiro atoms. The topological polar surface area (TPSA) is 75.7 Å². The Bertz CT molecular complexity index is 732. The van der Waals surface area contributed by atoms with Gasteiger partial charge in [0.1, 0.15) is 5.75 Å². The zero-order valence-corrected chi connectivity index (χ0v) is 14.9. The number of hydrogen-bond acceptors (Lipinski definition) is 6. The number of rotatable bonds is 7. The monoisotopic (exact) mass is 356 g/mol. The number of pyridine rings is 1. The number of nitrogens with one attached hydrogen (secondary N) is 2. The van der Waals surface area contributed by atoms with Gasteiger partial charge in [0, 0.05) is 32.4 Å². The molecule has 138 valence electrons. The molecule has 1 aromatic carbocycles. The molecule has 0 radical (unpaired) electrons. The zero-order chi connectivity index (χ0) is 18.2. The number of benzene rings is 1. The number of nitrogens with zero attached hydrogens (tertiary/aromatic N) is 2. The van der Waals surface area contributed by atoms with Crippen molar-refractivity contribution >= 4 is 17.3 Å². The Hall–Kier alpha value is -2.64. The SMILES string of the molecule is COc1ccccc1Nc1cncc(C(=O)NCCN2CCOCC2)c1. The summed E-state index contributed by atoms with van der Waals surface area (Å²) < 4.78 is 10.7. The summed E-state index contributed by atoms with van der Waals surface area (Å²) in [6.45, 7) is 4.76. The normalized spacial score (nSPS) is 14.7. The van der Waals surface area contributed by atoms with Gasteiger partial charge in [-0.1, -0.05) is 12.1 Å². The molecule has 0 atom stereocenters. The second-order valence-electron chi connectivity index (χ2n) is 6.00. The largest absolute Gasteiger partial charge is 0.495 e. The summed E-state index contributed by atoms with van der Waals surface area (Å²) in [7, 11) is 1.62. The fourth-order valence-corrected chi connectivity index (χ4v) is 2.79. The van der Waals surface area contributed by atoms with E-state index in [0.717, 1.165) is 50.0 Å². The van der Waals surface area contributed by atoms with Gasteiger partial charge in [-0.3, -0.25) is 14.7 Å². The molecule has 0 aliphatic carbocycles. The summed E-state index contributed by atoms with van der Waals surface area (Å²) in [5, 5.41) is 6.18. The van der Waals surface area contributed by atoms with Crippen LogP contribution >= 0.6 is 0 Å². The Morgan fingerprint density at radius 1 is 1.27 bits per heavy atom. The van der Waals surface area contributed by atoms with Crippen LogP contribution < -0.4 is 15.4 Å². The fraction of sp³-hybridized carbons (Fsp3) is 0.368. The van der Waals surface area contributed by atoms with Gasteiger partial charge in [0.15, 0.2) is 0 Å². The molecular weight excluding hydrogens is 332 g/mol. The van der Waals surface area contributed by atoms with Gasteiger partial charge in [-0.25, -0.2) is 0 Å². The second-order valence-corrected chi connectivity index (χ2v) is 6.00. The molecule has 1 aliphatic rings. The molecule has 7 nitrogen and oxygen atoms in total. The third-order valence-electron chi connectivity index (χ3n) is 4.20. The first kappa shape index (κ1) is 18.2. The Balaban J connectivity index is 1.56. The van der Waals surface area contributed by atoms with Crippen LogP contribution in [0.3, 0.4) is 0 Å². The average Bonchev–Trinajstić information content (AvgIpc) is 2.69.